The van der Waals surface area contributed by atoms with Gasteiger partial charge in [-0.15, -0.1) is 0 Å². The van der Waals surface area contributed by atoms with Crippen molar-refractivity contribution in [3.8, 4) is 17.0 Å². The molecule has 8 nitrogen and oxygen atoms in total. The number of nitrogens with zero attached hydrogens (tertiary/aromatic N) is 2. The first-order chi connectivity index (χ1) is 14.2. The van der Waals surface area contributed by atoms with Gasteiger partial charge in [-0.25, -0.2) is 4.79 Å². The lowest BCUT2D eigenvalue weighted by molar-refractivity contribution is 0.0691. The summed E-state index contributed by atoms with van der Waals surface area (Å²) in [6.45, 7) is 4.38. The standard InChI is InChI=1S/C22H28N4O4/c1-5-16-19(24-21(28)18(20(16)27)22(29)30)13-6-7-17-14(10-13)11-15(26(17)4)12-23-8-9-25(2)3/h6-7,10-11,23H,5,8-9,12H2,1-4H3,(H,29,30)(H2,24,27,28). The summed E-state index contributed by atoms with van der Waals surface area (Å²) in [5.41, 5.74) is 2.33. The highest BCUT2D eigenvalue weighted by Gasteiger charge is 2.22. The van der Waals surface area contributed by atoms with Gasteiger partial charge < -0.3 is 30.0 Å². The Labute approximate surface area is 174 Å². The molecule has 0 bridgehead atoms. The third kappa shape index (κ3) is 4.10. The number of aromatic hydroxyl groups is 1. The lowest BCUT2D eigenvalue weighted by atomic mass is 9.99. The molecule has 0 aliphatic rings. The van der Waals surface area contributed by atoms with Crippen LogP contribution >= 0.6 is 0 Å². The molecular formula is C22H28N4O4. The van der Waals surface area contributed by atoms with E-state index in [1.165, 1.54) is 0 Å². The van der Waals surface area contributed by atoms with E-state index in [0.717, 1.165) is 41.8 Å². The lowest BCUT2D eigenvalue weighted by Gasteiger charge is -2.12. The number of nitrogens with one attached hydrogen (secondary N) is 2. The van der Waals surface area contributed by atoms with Crippen LogP contribution in [0.2, 0.25) is 0 Å². The van der Waals surface area contributed by atoms with Crippen LogP contribution in [0.25, 0.3) is 22.2 Å². The normalized spacial score (nSPS) is 11.5. The highest BCUT2D eigenvalue weighted by molar-refractivity contribution is 5.92. The molecule has 8 heteroatoms. The van der Waals surface area contributed by atoms with Gasteiger partial charge in [-0.05, 0) is 44.3 Å². The molecule has 0 saturated heterocycles. The number of fused-ring (bicyclic) bond motifs is 1. The van der Waals surface area contributed by atoms with E-state index < -0.39 is 22.8 Å². The second-order valence-electron chi connectivity index (χ2n) is 7.64. The van der Waals surface area contributed by atoms with Crippen molar-refractivity contribution in [2.45, 2.75) is 19.9 Å². The maximum absolute atomic E-state index is 12.2. The maximum atomic E-state index is 12.2. The number of benzene rings is 1. The van der Waals surface area contributed by atoms with Gasteiger partial charge >= 0.3 is 5.97 Å². The summed E-state index contributed by atoms with van der Waals surface area (Å²) in [6, 6.07) is 7.88. The zero-order valence-electron chi connectivity index (χ0n) is 17.7. The second-order valence-corrected chi connectivity index (χ2v) is 7.64. The Morgan fingerprint density at radius 2 is 2.00 bits per heavy atom. The predicted molar refractivity (Wildman–Crippen MR) is 117 cm³/mol. The van der Waals surface area contributed by atoms with Gasteiger partial charge in [-0.1, -0.05) is 13.0 Å². The van der Waals surface area contributed by atoms with Crippen LogP contribution in [0.3, 0.4) is 0 Å². The average Bonchev–Trinajstić information content (AvgIpc) is 2.99. The number of carboxylic acid groups (broad SMARTS) is 1. The number of aromatic nitrogens is 2. The summed E-state index contributed by atoms with van der Waals surface area (Å²) in [5, 5.41) is 24.1. The summed E-state index contributed by atoms with van der Waals surface area (Å²) in [5.74, 6) is -1.91. The van der Waals surface area contributed by atoms with Crippen LogP contribution < -0.4 is 10.9 Å². The highest BCUT2D eigenvalue weighted by Crippen LogP contribution is 2.32. The van der Waals surface area contributed by atoms with E-state index in [1.54, 1.807) is 6.92 Å². The van der Waals surface area contributed by atoms with Crippen LogP contribution in [0.1, 0.15) is 28.5 Å². The van der Waals surface area contributed by atoms with Crippen molar-refractivity contribution in [2.24, 2.45) is 7.05 Å². The maximum Gasteiger partial charge on any atom is 0.345 e. The Morgan fingerprint density at radius 3 is 2.63 bits per heavy atom. The largest absolute Gasteiger partial charge is 0.506 e. The predicted octanol–water partition coefficient (Wildman–Crippen LogP) is 2.15. The molecule has 0 amide bonds. The molecule has 1 aromatic carbocycles. The summed E-state index contributed by atoms with van der Waals surface area (Å²) in [7, 11) is 6.09. The number of aromatic amines is 1. The Hall–Kier alpha value is -3.10. The summed E-state index contributed by atoms with van der Waals surface area (Å²) in [6.07, 6.45) is 0.381. The van der Waals surface area contributed by atoms with Crippen molar-refractivity contribution in [1.82, 2.24) is 19.8 Å². The second kappa shape index (κ2) is 8.73. The smallest absolute Gasteiger partial charge is 0.345 e. The number of aromatic carboxylic acids is 1. The van der Waals surface area contributed by atoms with Crippen LogP contribution in [0.15, 0.2) is 29.1 Å². The number of hydrogen-bond acceptors (Lipinski definition) is 5. The number of H-pyrrole nitrogens is 1. The molecule has 0 fully saturated rings. The van der Waals surface area contributed by atoms with Gasteiger partial charge in [-0.2, -0.15) is 0 Å². The number of rotatable bonds is 8. The summed E-state index contributed by atoms with van der Waals surface area (Å²) < 4.78 is 2.12. The van der Waals surface area contributed by atoms with E-state index in [1.807, 2.05) is 39.3 Å². The number of carboxylic acids is 1. The molecule has 160 valence electrons. The first-order valence-corrected chi connectivity index (χ1v) is 9.90. The molecule has 4 N–H and O–H groups in total. The number of hydrogen-bond donors (Lipinski definition) is 4. The molecule has 0 aliphatic carbocycles. The fourth-order valence-corrected chi connectivity index (χ4v) is 3.67. The topological polar surface area (TPSA) is 111 Å². The Kier molecular flexibility index (Phi) is 6.28. The molecule has 0 aliphatic heterocycles. The Bertz CT molecular complexity index is 1140. The van der Waals surface area contributed by atoms with Crippen molar-refractivity contribution >= 4 is 16.9 Å². The molecule has 0 atom stereocenters. The molecule has 3 rings (SSSR count). The highest BCUT2D eigenvalue weighted by atomic mass is 16.4. The van der Waals surface area contributed by atoms with Gasteiger partial charge in [0.15, 0.2) is 5.56 Å². The molecule has 0 radical (unpaired) electrons. The molecule has 30 heavy (non-hydrogen) atoms. The molecule has 3 aromatic rings. The number of pyridine rings is 1. The quantitative estimate of drug-likeness (QED) is 0.422. The fraction of sp³-hybridized carbons (Fsp3) is 0.364. The van der Waals surface area contributed by atoms with E-state index in [4.69, 9.17) is 0 Å². The Balaban J connectivity index is 2.00. The first-order valence-electron chi connectivity index (χ1n) is 9.90. The van der Waals surface area contributed by atoms with Gasteiger partial charge in [0.25, 0.3) is 5.56 Å². The van der Waals surface area contributed by atoms with Gasteiger partial charge in [-0.3, -0.25) is 4.79 Å². The van der Waals surface area contributed by atoms with Gasteiger partial charge in [0, 0.05) is 48.8 Å². The van der Waals surface area contributed by atoms with E-state index in [-0.39, 0.29) is 0 Å². The van der Waals surface area contributed by atoms with Gasteiger partial charge in [0.2, 0.25) is 0 Å². The summed E-state index contributed by atoms with van der Waals surface area (Å²) >= 11 is 0. The molecule has 0 saturated carbocycles. The van der Waals surface area contributed by atoms with Crippen LogP contribution in [0.5, 0.6) is 5.75 Å². The number of aryl methyl sites for hydroxylation is 1. The number of carbonyl (C=O) groups is 1. The minimum atomic E-state index is -1.44. The summed E-state index contributed by atoms with van der Waals surface area (Å²) in [4.78, 5) is 28.4. The van der Waals surface area contributed by atoms with Crippen LogP contribution in [0, 0.1) is 0 Å². The van der Waals surface area contributed by atoms with Crippen molar-refractivity contribution in [1.29, 1.82) is 0 Å². The monoisotopic (exact) mass is 412 g/mol. The zero-order chi connectivity index (χ0) is 22.0. The van der Waals surface area contributed by atoms with E-state index in [2.05, 4.69) is 25.8 Å². The molecule has 2 heterocycles. The van der Waals surface area contributed by atoms with Crippen molar-refractivity contribution in [3.05, 3.63) is 51.4 Å². The van der Waals surface area contributed by atoms with Crippen LogP contribution in [-0.2, 0) is 20.0 Å². The Morgan fingerprint density at radius 1 is 1.27 bits per heavy atom. The van der Waals surface area contributed by atoms with Crippen molar-refractivity contribution in [3.63, 3.8) is 0 Å². The minimum absolute atomic E-state index is 0.381. The van der Waals surface area contributed by atoms with Crippen LogP contribution in [-0.4, -0.2) is 57.8 Å². The fourth-order valence-electron chi connectivity index (χ4n) is 3.67. The molecule has 2 aromatic heterocycles. The minimum Gasteiger partial charge on any atom is -0.506 e. The van der Waals surface area contributed by atoms with E-state index in [9.17, 15) is 19.8 Å². The molecule has 0 spiro atoms. The van der Waals surface area contributed by atoms with Crippen molar-refractivity contribution in [2.75, 3.05) is 27.2 Å². The third-order valence-corrected chi connectivity index (χ3v) is 5.33. The van der Waals surface area contributed by atoms with Gasteiger partial charge in [0.1, 0.15) is 5.75 Å². The van der Waals surface area contributed by atoms with E-state index >= 15 is 0 Å². The average molecular weight is 412 g/mol. The van der Waals surface area contributed by atoms with Crippen molar-refractivity contribution < 1.29 is 15.0 Å². The first kappa shape index (κ1) is 21.6. The van der Waals surface area contributed by atoms with Gasteiger partial charge in [0.05, 0.1) is 5.69 Å². The zero-order valence-corrected chi connectivity index (χ0v) is 17.7. The molecular weight excluding hydrogens is 384 g/mol. The van der Waals surface area contributed by atoms with Crippen LogP contribution in [0.4, 0.5) is 0 Å². The lowest BCUT2D eigenvalue weighted by Crippen LogP contribution is -2.26. The SMILES string of the molecule is CCc1c(-c2ccc3c(c2)cc(CNCCN(C)C)n3C)[nH]c(=O)c(C(=O)O)c1O. The molecule has 0 unspecified atom stereocenters. The number of likely N-dealkylation sites (N-methyl/N-ethyl adjacent to an activating group) is 1. The third-order valence-electron chi connectivity index (χ3n) is 5.33. The van der Waals surface area contributed by atoms with E-state index in [0.29, 0.717) is 17.7 Å².